The number of benzene rings is 2. The maximum atomic E-state index is 12.5. The third kappa shape index (κ3) is 7.15. The first-order valence-electron chi connectivity index (χ1n) is 11.0. The average molecular weight is 461 g/mol. The second-order valence-corrected chi connectivity index (χ2v) is 10.1. The molecule has 0 saturated heterocycles. The number of carbonyl (C=O) groups is 1. The molecule has 0 bridgehead atoms. The van der Waals surface area contributed by atoms with E-state index >= 15 is 0 Å². The lowest BCUT2D eigenvalue weighted by atomic mass is 9.76. The molecule has 0 aliphatic heterocycles. The lowest BCUT2D eigenvalue weighted by Crippen LogP contribution is -2.24. The van der Waals surface area contributed by atoms with Gasteiger partial charge in [0, 0.05) is 17.8 Å². The van der Waals surface area contributed by atoms with Crippen LogP contribution in [0.3, 0.4) is 0 Å². The highest BCUT2D eigenvalue weighted by Crippen LogP contribution is 2.38. The number of ether oxygens (including phenoxy) is 1. The minimum atomic E-state index is -2.08. The standard InChI is InChI=1S/C25H36N2O4S/c1-7-24(3,4)19-12-13-22(21(15-19)25(5,6)8-2)31-17-23(28)27-20-11-9-10-18(14-20)16-26-32(29)30/h9-15,26H,7-8,16-17H2,1-6H3,(H,27,28)(H,29,30). The molecule has 176 valence electrons. The Bertz CT molecular complexity index is 957. The Morgan fingerprint density at radius 1 is 1.03 bits per heavy atom. The van der Waals surface area contributed by atoms with Crippen molar-refractivity contribution in [1.29, 1.82) is 0 Å². The fourth-order valence-electron chi connectivity index (χ4n) is 3.24. The molecule has 0 heterocycles. The summed E-state index contributed by atoms with van der Waals surface area (Å²) in [7, 11) is 0. The predicted octanol–water partition coefficient (Wildman–Crippen LogP) is 5.31. The summed E-state index contributed by atoms with van der Waals surface area (Å²) in [6.45, 7) is 13.3. The molecule has 1 unspecified atom stereocenters. The van der Waals surface area contributed by atoms with Crippen molar-refractivity contribution in [2.24, 2.45) is 0 Å². The summed E-state index contributed by atoms with van der Waals surface area (Å²) in [5.74, 6) is 0.463. The van der Waals surface area contributed by atoms with Crippen LogP contribution in [0.5, 0.6) is 5.75 Å². The molecule has 7 heteroatoms. The molecule has 0 aliphatic carbocycles. The Labute approximate surface area is 194 Å². The molecule has 0 aliphatic rings. The highest BCUT2D eigenvalue weighted by molar-refractivity contribution is 7.77. The van der Waals surface area contributed by atoms with Gasteiger partial charge in [-0.15, -0.1) is 0 Å². The smallest absolute Gasteiger partial charge is 0.262 e. The van der Waals surface area contributed by atoms with Crippen molar-refractivity contribution in [2.45, 2.75) is 71.8 Å². The first-order valence-corrected chi connectivity index (χ1v) is 12.1. The predicted molar refractivity (Wildman–Crippen MR) is 131 cm³/mol. The van der Waals surface area contributed by atoms with Crippen LogP contribution in [0, 0.1) is 0 Å². The van der Waals surface area contributed by atoms with E-state index < -0.39 is 11.3 Å². The number of nitrogens with one attached hydrogen (secondary N) is 2. The number of anilines is 1. The molecule has 0 fully saturated rings. The fourth-order valence-corrected chi connectivity index (χ4v) is 3.53. The minimum absolute atomic E-state index is 0.0664. The summed E-state index contributed by atoms with van der Waals surface area (Å²) >= 11 is -2.08. The van der Waals surface area contributed by atoms with Crippen LogP contribution >= 0.6 is 0 Å². The van der Waals surface area contributed by atoms with Crippen LogP contribution in [0.1, 0.15) is 71.1 Å². The number of hydrogen-bond donors (Lipinski definition) is 3. The summed E-state index contributed by atoms with van der Waals surface area (Å²) in [6, 6.07) is 13.4. The first kappa shape index (κ1) is 26.0. The van der Waals surface area contributed by atoms with E-state index in [-0.39, 0.29) is 29.9 Å². The molecule has 2 rings (SSSR count). The zero-order valence-electron chi connectivity index (χ0n) is 20.0. The summed E-state index contributed by atoms with van der Waals surface area (Å²) in [4.78, 5) is 12.5. The SMILES string of the molecule is CCC(C)(C)c1ccc(OCC(=O)Nc2cccc(CNS(=O)O)c2)c(C(C)(C)CC)c1. The molecule has 6 nitrogen and oxygen atoms in total. The van der Waals surface area contributed by atoms with E-state index in [9.17, 15) is 9.00 Å². The van der Waals surface area contributed by atoms with Crippen LogP contribution in [-0.4, -0.2) is 21.3 Å². The highest BCUT2D eigenvalue weighted by Gasteiger charge is 2.26. The average Bonchev–Trinajstić information content (AvgIpc) is 2.76. The van der Waals surface area contributed by atoms with Crippen molar-refractivity contribution in [2.75, 3.05) is 11.9 Å². The van der Waals surface area contributed by atoms with E-state index in [1.807, 2.05) is 12.1 Å². The Balaban J connectivity index is 2.13. The molecule has 1 atom stereocenters. The van der Waals surface area contributed by atoms with E-state index in [1.165, 1.54) is 5.56 Å². The number of amides is 1. The zero-order valence-corrected chi connectivity index (χ0v) is 20.8. The third-order valence-corrected chi connectivity index (χ3v) is 6.62. The Hall–Kier alpha value is -2.22. The van der Waals surface area contributed by atoms with Crippen molar-refractivity contribution < 1.29 is 18.3 Å². The van der Waals surface area contributed by atoms with E-state index in [0.29, 0.717) is 5.69 Å². The van der Waals surface area contributed by atoms with Gasteiger partial charge in [0.15, 0.2) is 6.61 Å². The van der Waals surface area contributed by atoms with Gasteiger partial charge >= 0.3 is 0 Å². The van der Waals surface area contributed by atoms with Crippen LogP contribution in [-0.2, 0) is 33.4 Å². The van der Waals surface area contributed by atoms with Gasteiger partial charge in [-0.05, 0) is 53.0 Å². The molecule has 0 saturated carbocycles. The normalized spacial score (nSPS) is 13.0. The summed E-state index contributed by atoms with van der Waals surface area (Å²) in [5.41, 5.74) is 3.75. The molecular weight excluding hydrogens is 424 g/mol. The van der Waals surface area contributed by atoms with Crippen LogP contribution in [0.15, 0.2) is 42.5 Å². The summed E-state index contributed by atoms with van der Waals surface area (Å²) < 4.78 is 28.0. The molecule has 1 amide bonds. The Morgan fingerprint density at radius 2 is 1.72 bits per heavy atom. The molecule has 2 aromatic carbocycles. The van der Waals surface area contributed by atoms with Gasteiger partial charge in [0.1, 0.15) is 5.75 Å². The second-order valence-electron chi connectivity index (χ2n) is 9.29. The quantitative estimate of drug-likeness (QED) is 0.397. The van der Waals surface area contributed by atoms with E-state index in [0.717, 1.165) is 29.7 Å². The minimum Gasteiger partial charge on any atom is -0.483 e. The Morgan fingerprint density at radius 3 is 2.34 bits per heavy atom. The van der Waals surface area contributed by atoms with Gasteiger partial charge in [0.2, 0.25) is 11.3 Å². The van der Waals surface area contributed by atoms with Gasteiger partial charge < -0.3 is 10.1 Å². The van der Waals surface area contributed by atoms with Gasteiger partial charge in [-0.25, -0.2) is 8.93 Å². The molecule has 0 aromatic heterocycles. The largest absolute Gasteiger partial charge is 0.483 e. The summed E-state index contributed by atoms with van der Waals surface area (Å²) in [5, 5.41) is 2.83. The van der Waals surface area contributed by atoms with Crippen molar-refractivity contribution in [3.05, 3.63) is 59.2 Å². The monoisotopic (exact) mass is 460 g/mol. The Kier molecular flexibility index (Phi) is 9.01. The van der Waals surface area contributed by atoms with Crippen molar-refractivity contribution in [3.63, 3.8) is 0 Å². The van der Waals surface area contributed by atoms with Gasteiger partial charge in [0.05, 0.1) is 0 Å². The van der Waals surface area contributed by atoms with Gasteiger partial charge in [-0.1, -0.05) is 65.8 Å². The fraction of sp³-hybridized carbons (Fsp3) is 0.480. The van der Waals surface area contributed by atoms with Gasteiger partial charge in [0.25, 0.3) is 5.91 Å². The molecule has 0 spiro atoms. The molecule has 2 aromatic rings. The molecule has 3 N–H and O–H groups in total. The molecular formula is C25H36N2O4S. The lowest BCUT2D eigenvalue weighted by molar-refractivity contribution is -0.118. The van der Waals surface area contributed by atoms with Crippen LogP contribution in [0.25, 0.3) is 0 Å². The lowest BCUT2D eigenvalue weighted by Gasteiger charge is -2.30. The van der Waals surface area contributed by atoms with Crippen LogP contribution in [0.4, 0.5) is 5.69 Å². The maximum absolute atomic E-state index is 12.5. The number of hydrogen-bond acceptors (Lipinski definition) is 3. The topological polar surface area (TPSA) is 87.7 Å². The number of carbonyl (C=O) groups excluding carboxylic acids is 1. The van der Waals surface area contributed by atoms with Crippen molar-refractivity contribution in [1.82, 2.24) is 4.72 Å². The van der Waals surface area contributed by atoms with Crippen LogP contribution < -0.4 is 14.8 Å². The molecule has 0 radical (unpaired) electrons. The highest BCUT2D eigenvalue weighted by atomic mass is 32.2. The van der Waals surface area contributed by atoms with E-state index in [1.54, 1.807) is 18.2 Å². The van der Waals surface area contributed by atoms with Gasteiger partial charge in [-0.2, -0.15) is 0 Å². The maximum Gasteiger partial charge on any atom is 0.262 e. The first-order chi connectivity index (χ1) is 15.0. The van der Waals surface area contributed by atoms with E-state index in [2.05, 4.69) is 63.7 Å². The zero-order chi connectivity index (χ0) is 23.9. The van der Waals surface area contributed by atoms with Crippen molar-refractivity contribution >= 4 is 22.9 Å². The van der Waals surface area contributed by atoms with Crippen LogP contribution in [0.2, 0.25) is 0 Å². The van der Waals surface area contributed by atoms with Gasteiger partial charge in [-0.3, -0.25) is 9.35 Å². The second kappa shape index (κ2) is 11.1. The summed E-state index contributed by atoms with van der Waals surface area (Å²) in [6.07, 6.45) is 1.98. The molecule has 32 heavy (non-hydrogen) atoms. The third-order valence-electron chi connectivity index (χ3n) is 6.23. The van der Waals surface area contributed by atoms with E-state index in [4.69, 9.17) is 9.29 Å². The number of rotatable bonds is 11. The van der Waals surface area contributed by atoms with Crippen molar-refractivity contribution in [3.8, 4) is 5.75 Å².